The van der Waals surface area contributed by atoms with Crippen molar-refractivity contribution >= 4 is 17.3 Å². The minimum Gasteiger partial charge on any atom is -0.399 e. The highest BCUT2D eigenvalue weighted by Gasteiger charge is 2.10. The van der Waals surface area contributed by atoms with Crippen LogP contribution in [-0.2, 0) is 4.79 Å². The fourth-order valence-corrected chi connectivity index (χ4v) is 0.858. The van der Waals surface area contributed by atoms with E-state index in [2.05, 4.69) is 5.32 Å². The third-order valence-corrected chi connectivity index (χ3v) is 1.52. The van der Waals surface area contributed by atoms with Gasteiger partial charge in [-0.05, 0) is 25.1 Å². The molecule has 0 fully saturated rings. The monoisotopic (exact) mass is 182 g/mol. The Morgan fingerprint density at radius 3 is 2.85 bits per heavy atom. The molecule has 1 amide bonds. The zero-order chi connectivity index (χ0) is 9.84. The standard InChI is InChI=1S/C9H11FN2O/c1-6(10)9(13)12-8-4-2-3-7(11)5-8/h2-6H,11H2,1H3,(H,12,13). The van der Waals surface area contributed by atoms with E-state index in [4.69, 9.17) is 5.73 Å². The Morgan fingerprint density at radius 1 is 1.62 bits per heavy atom. The van der Waals surface area contributed by atoms with Crippen LogP contribution in [0.25, 0.3) is 0 Å². The first kappa shape index (κ1) is 9.51. The van der Waals surface area contributed by atoms with E-state index in [9.17, 15) is 9.18 Å². The van der Waals surface area contributed by atoms with Gasteiger partial charge in [0.25, 0.3) is 5.91 Å². The maximum atomic E-state index is 12.4. The molecule has 0 aliphatic heterocycles. The van der Waals surface area contributed by atoms with Crippen LogP contribution in [0.3, 0.4) is 0 Å². The molecule has 1 rings (SSSR count). The molecule has 0 spiro atoms. The summed E-state index contributed by atoms with van der Waals surface area (Å²) in [4.78, 5) is 10.9. The third kappa shape index (κ3) is 2.74. The van der Waals surface area contributed by atoms with Crippen LogP contribution in [0.2, 0.25) is 0 Å². The molecule has 13 heavy (non-hydrogen) atoms. The molecule has 1 unspecified atom stereocenters. The summed E-state index contributed by atoms with van der Waals surface area (Å²) < 4.78 is 12.4. The van der Waals surface area contributed by atoms with Gasteiger partial charge in [-0.1, -0.05) is 6.07 Å². The van der Waals surface area contributed by atoms with Gasteiger partial charge in [0.05, 0.1) is 0 Å². The molecular formula is C9H11FN2O. The number of rotatable bonds is 2. The van der Waals surface area contributed by atoms with Crippen molar-refractivity contribution in [1.29, 1.82) is 0 Å². The number of benzene rings is 1. The molecule has 0 aromatic heterocycles. The Labute approximate surface area is 75.7 Å². The molecular weight excluding hydrogens is 171 g/mol. The van der Waals surface area contributed by atoms with E-state index in [1.807, 2.05) is 0 Å². The number of nitrogen functional groups attached to an aromatic ring is 1. The van der Waals surface area contributed by atoms with Gasteiger partial charge in [0, 0.05) is 11.4 Å². The molecule has 0 bridgehead atoms. The van der Waals surface area contributed by atoms with Crippen LogP contribution in [0.5, 0.6) is 0 Å². The number of alkyl halides is 1. The van der Waals surface area contributed by atoms with Crippen LogP contribution in [0, 0.1) is 0 Å². The molecule has 0 aliphatic carbocycles. The topological polar surface area (TPSA) is 55.1 Å². The highest BCUT2D eigenvalue weighted by atomic mass is 19.1. The van der Waals surface area contributed by atoms with Crippen molar-refractivity contribution in [2.45, 2.75) is 13.1 Å². The summed E-state index contributed by atoms with van der Waals surface area (Å²) in [5, 5.41) is 2.39. The van der Waals surface area contributed by atoms with Crippen molar-refractivity contribution in [3.63, 3.8) is 0 Å². The highest BCUT2D eigenvalue weighted by Crippen LogP contribution is 2.12. The van der Waals surface area contributed by atoms with Gasteiger partial charge < -0.3 is 11.1 Å². The van der Waals surface area contributed by atoms with E-state index in [0.29, 0.717) is 11.4 Å². The third-order valence-electron chi connectivity index (χ3n) is 1.52. The predicted octanol–water partition coefficient (Wildman–Crippen LogP) is 1.57. The molecule has 0 heterocycles. The number of carbonyl (C=O) groups is 1. The first-order valence-electron chi connectivity index (χ1n) is 3.90. The lowest BCUT2D eigenvalue weighted by atomic mass is 10.2. The quantitative estimate of drug-likeness (QED) is 0.682. The lowest BCUT2D eigenvalue weighted by Crippen LogP contribution is -2.20. The largest absolute Gasteiger partial charge is 0.399 e. The number of hydrogen-bond acceptors (Lipinski definition) is 2. The number of nitrogens with one attached hydrogen (secondary N) is 1. The average Bonchev–Trinajstić information content (AvgIpc) is 2.04. The minimum absolute atomic E-state index is 0.509. The SMILES string of the molecule is CC(F)C(=O)Nc1cccc(N)c1. The predicted molar refractivity (Wildman–Crippen MR) is 50.1 cm³/mol. The van der Waals surface area contributed by atoms with Crippen molar-refractivity contribution in [3.8, 4) is 0 Å². The zero-order valence-corrected chi connectivity index (χ0v) is 7.25. The smallest absolute Gasteiger partial charge is 0.258 e. The first-order chi connectivity index (χ1) is 6.09. The molecule has 0 radical (unpaired) electrons. The molecule has 0 aliphatic rings. The van der Waals surface area contributed by atoms with Crippen LogP contribution < -0.4 is 11.1 Å². The van der Waals surface area contributed by atoms with E-state index < -0.39 is 12.1 Å². The maximum Gasteiger partial charge on any atom is 0.258 e. The van der Waals surface area contributed by atoms with Gasteiger partial charge in [0.15, 0.2) is 6.17 Å². The first-order valence-corrected chi connectivity index (χ1v) is 3.90. The molecule has 70 valence electrons. The average molecular weight is 182 g/mol. The normalized spacial score (nSPS) is 12.2. The molecule has 3 nitrogen and oxygen atoms in total. The fraction of sp³-hybridized carbons (Fsp3) is 0.222. The summed E-state index contributed by atoms with van der Waals surface area (Å²) >= 11 is 0. The molecule has 4 heteroatoms. The van der Waals surface area contributed by atoms with Crippen LogP contribution in [0.4, 0.5) is 15.8 Å². The lowest BCUT2D eigenvalue weighted by Gasteiger charge is -2.05. The Hall–Kier alpha value is -1.58. The van der Waals surface area contributed by atoms with Crippen molar-refractivity contribution in [1.82, 2.24) is 0 Å². The van der Waals surface area contributed by atoms with Gasteiger partial charge in [0.1, 0.15) is 0 Å². The lowest BCUT2D eigenvalue weighted by molar-refractivity contribution is -0.120. The van der Waals surface area contributed by atoms with Gasteiger partial charge in [-0.2, -0.15) is 0 Å². The number of carbonyl (C=O) groups excluding carboxylic acids is 1. The second-order valence-electron chi connectivity index (χ2n) is 2.73. The highest BCUT2D eigenvalue weighted by molar-refractivity contribution is 5.94. The van der Waals surface area contributed by atoms with E-state index in [-0.39, 0.29) is 0 Å². The van der Waals surface area contributed by atoms with Crippen LogP contribution in [0.1, 0.15) is 6.92 Å². The van der Waals surface area contributed by atoms with Gasteiger partial charge in [-0.3, -0.25) is 4.79 Å². The van der Waals surface area contributed by atoms with Crippen LogP contribution in [0.15, 0.2) is 24.3 Å². The summed E-state index contributed by atoms with van der Waals surface area (Å²) in [5.41, 5.74) is 6.51. The number of nitrogens with two attached hydrogens (primary N) is 1. The molecule has 0 saturated carbocycles. The zero-order valence-electron chi connectivity index (χ0n) is 7.25. The Balaban J connectivity index is 2.69. The van der Waals surface area contributed by atoms with Gasteiger partial charge in [-0.25, -0.2) is 4.39 Å². The second-order valence-corrected chi connectivity index (χ2v) is 2.73. The van der Waals surface area contributed by atoms with Crippen molar-refractivity contribution < 1.29 is 9.18 Å². The number of hydrogen-bond donors (Lipinski definition) is 2. The van der Waals surface area contributed by atoms with Crippen molar-refractivity contribution in [3.05, 3.63) is 24.3 Å². The summed E-state index contributed by atoms with van der Waals surface area (Å²) in [5.74, 6) is -0.661. The van der Waals surface area contributed by atoms with Crippen LogP contribution in [-0.4, -0.2) is 12.1 Å². The second kappa shape index (κ2) is 3.89. The maximum absolute atomic E-state index is 12.4. The van der Waals surface area contributed by atoms with E-state index >= 15 is 0 Å². The van der Waals surface area contributed by atoms with E-state index in [0.717, 1.165) is 0 Å². The summed E-state index contributed by atoms with van der Waals surface area (Å²) in [6, 6.07) is 6.60. The summed E-state index contributed by atoms with van der Waals surface area (Å²) in [6.45, 7) is 1.18. The minimum atomic E-state index is -1.51. The van der Waals surface area contributed by atoms with E-state index in [1.54, 1.807) is 24.3 Å². The van der Waals surface area contributed by atoms with Gasteiger partial charge in [-0.15, -0.1) is 0 Å². The molecule has 1 aromatic carbocycles. The Kier molecular flexibility index (Phi) is 2.84. The van der Waals surface area contributed by atoms with Crippen molar-refractivity contribution in [2.24, 2.45) is 0 Å². The molecule has 1 atom stereocenters. The molecule has 3 N–H and O–H groups in total. The van der Waals surface area contributed by atoms with Crippen LogP contribution >= 0.6 is 0 Å². The fourth-order valence-electron chi connectivity index (χ4n) is 0.858. The Morgan fingerprint density at radius 2 is 2.31 bits per heavy atom. The molecule has 1 aromatic rings. The number of amides is 1. The van der Waals surface area contributed by atoms with Gasteiger partial charge in [0.2, 0.25) is 0 Å². The number of anilines is 2. The number of halogens is 1. The summed E-state index contributed by atoms with van der Waals surface area (Å²) in [6.07, 6.45) is -1.51. The van der Waals surface area contributed by atoms with Gasteiger partial charge >= 0.3 is 0 Å². The van der Waals surface area contributed by atoms with E-state index in [1.165, 1.54) is 6.92 Å². The van der Waals surface area contributed by atoms with Crippen molar-refractivity contribution in [2.75, 3.05) is 11.1 Å². The summed E-state index contributed by atoms with van der Waals surface area (Å²) in [7, 11) is 0. The molecule has 0 saturated heterocycles. The Bertz CT molecular complexity index is 312.